The van der Waals surface area contributed by atoms with Crippen LogP contribution in [-0.2, 0) is 13.2 Å². The van der Waals surface area contributed by atoms with Crippen molar-refractivity contribution in [3.63, 3.8) is 0 Å². The van der Waals surface area contributed by atoms with Crippen LogP contribution in [0.15, 0.2) is 34.9 Å². The fourth-order valence-corrected chi connectivity index (χ4v) is 3.12. The van der Waals surface area contributed by atoms with E-state index in [1.54, 1.807) is 13.3 Å². The lowest BCUT2D eigenvalue weighted by Gasteiger charge is -2.09. The van der Waals surface area contributed by atoms with Crippen LogP contribution < -0.4 is 9.47 Å². The average Bonchev–Trinajstić information content (AvgIpc) is 3.33. The number of hydrogen-bond donors (Lipinski definition) is 0. The molecule has 1 aliphatic carbocycles. The molecule has 1 aromatic carbocycles. The van der Waals surface area contributed by atoms with E-state index in [-0.39, 0.29) is 0 Å². The Hall–Kier alpha value is -2.15. The topological polar surface area (TPSA) is 62.1 Å². The van der Waals surface area contributed by atoms with Crippen molar-refractivity contribution < 1.29 is 9.47 Å². The van der Waals surface area contributed by atoms with Gasteiger partial charge in [-0.15, -0.1) is 5.10 Å². The number of hydrogen-bond acceptors (Lipinski definition) is 5. The molecule has 3 aromatic rings. The van der Waals surface area contributed by atoms with Crippen LogP contribution in [0.2, 0.25) is 0 Å². The molecule has 0 atom stereocenters. The van der Waals surface area contributed by atoms with Crippen molar-refractivity contribution in [3.8, 4) is 11.5 Å². The molecule has 2 heterocycles. The molecule has 0 spiro atoms. The molecule has 0 aliphatic heterocycles. The van der Waals surface area contributed by atoms with Gasteiger partial charge in [0.05, 0.1) is 22.8 Å². The van der Waals surface area contributed by atoms with Crippen LogP contribution in [0.4, 0.5) is 0 Å². The second-order valence-electron chi connectivity index (χ2n) is 5.94. The lowest BCUT2D eigenvalue weighted by molar-refractivity contribution is 0.298. The molecule has 6 nitrogen and oxygen atoms in total. The van der Waals surface area contributed by atoms with Crippen LogP contribution in [0.5, 0.6) is 11.5 Å². The summed E-state index contributed by atoms with van der Waals surface area (Å²) in [5.74, 6) is 2.25. The number of methoxy groups -OCH3 is 1. The Labute approximate surface area is 147 Å². The van der Waals surface area contributed by atoms with Gasteiger partial charge in [-0.05, 0) is 52.9 Å². The summed E-state index contributed by atoms with van der Waals surface area (Å²) >= 11 is 3.59. The van der Waals surface area contributed by atoms with Crippen LogP contribution in [0.3, 0.4) is 0 Å². The zero-order valence-corrected chi connectivity index (χ0v) is 14.9. The first-order valence-electron chi connectivity index (χ1n) is 7.88. The summed E-state index contributed by atoms with van der Waals surface area (Å²) in [5.41, 5.74) is 2.66. The van der Waals surface area contributed by atoms with Gasteiger partial charge in [0, 0.05) is 18.8 Å². The van der Waals surface area contributed by atoms with E-state index in [0.29, 0.717) is 6.61 Å². The van der Waals surface area contributed by atoms with Crippen molar-refractivity contribution in [2.45, 2.75) is 26.0 Å². The third-order valence-electron chi connectivity index (χ3n) is 4.12. The largest absolute Gasteiger partial charge is 0.497 e. The molecule has 24 heavy (non-hydrogen) atoms. The van der Waals surface area contributed by atoms with Gasteiger partial charge in [0.1, 0.15) is 23.6 Å². The molecule has 0 amide bonds. The Kier molecular flexibility index (Phi) is 4.10. The minimum absolute atomic E-state index is 0.359. The molecule has 0 saturated heterocycles. The average molecular weight is 389 g/mol. The number of aromatic nitrogens is 4. The first kappa shape index (κ1) is 15.4. The van der Waals surface area contributed by atoms with E-state index in [4.69, 9.17) is 9.47 Å². The minimum Gasteiger partial charge on any atom is -0.497 e. The molecule has 2 aromatic heterocycles. The second kappa shape index (κ2) is 6.39. The monoisotopic (exact) mass is 388 g/mol. The van der Waals surface area contributed by atoms with Gasteiger partial charge in [0.2, 0.25) is 0 Å². The highest BCUT2D eigenvalue weighted by atomic mass is 79.9. The van der Waals surface area contributed by atoms with E-state index in [1.807, 2.05) is 28.9 Å². The predicted octanol–water partition coefficient (Wildman–Crippen LogP) is 3.59. The van der Waals surface area contributed by atoms with Crippen LogP contribution in [0, 0.1) is 5.92 Å². The highest BCUT2D eigenvalue weighted by Gasteiger charge is 2.23. The SMILES string of the molecule is COc1ccnc(COc2ccc3c(nnn3CC3CC3)c2Br)c1. The van der Waals surface area contributed by atoms with Crippen LogP contribution >= 0.6 is 15.9 Å². The Bertz CT molecular complexity index is 876. The zero-order valence-electron chi connectivity index (χ0n) is 13.3. The maximum Gasteiger partial charge on any atom is 0.136 e. The first-order valence-corrected chi connectivity index (χ1v) is 8.67. The van der Waals surface area contributed by atoms with Crippen molar-refractivity contribution in [1.82, 2.24) is 20.0 Å². The van der Waals surface area contributed by atoms with Crippen molar-refractivity contribution >= 4 is 27.0 Å². The third-order valence-corrected chi connectivity index (χ3v) is 4.88. The number of benzene rings is 1. The Morgan fingerprint density at radius 1 is 1.29 bits per heavy atom. The van der Waals surface area contributed by atoms with Crippen molar-refractivity contribution in [3.05, 3.63) is 40.6 Å². The molecule has 0 N–H and O–H groups in total. The molecular formula is C17H17BrN4O2. The fraction of sp³-hybridized carbons (Fsp3) is 0.353. The summed E-state index contributed by atoms with van der Waals surface area (Å²) < 4.78 is 13.9. The molecule has 1 aliphatic rings. The summed E-state index contributed by atoms with van der Waals surface area (Å²) in [6, 6.07) is 7.62. The molecule has 0 unspecified atom stereocenters. The molecule has 0 bridgehead atoms. The third kappa shape index (κ3) is 3.08. The van der Waals surface area contributed by atoms with Crippen LogP contribution in [0.25, 0.3) is 11.0 Å². The lowest BCUT2D eigenvalue weighted by atomic mass is 10.3. The maximum atomic E-state index is 5.89. The summed E-state index contributed by atoms with van der Waals surface area (Å²) in [5, 5.41) is 8.56. The number of halogens is 1. The van der Waals surface area contributed by atoms with E-state index in [1.165, 1.54) is 12.8 Å². The molecule has 1 fully saturated rings. The Morgan fingerprint density at radius 2 is 2.17 bits per heavy atom. The summed E-state index contributed by atoms with van der Waals surface area (Å²) in [6.45, 7) is 1.30. The van der Waals surface area contributed by atoms with Crippen molar-refractivity contribution in [1.29, 1.82) is 0 Å². The minimum atomic E-state index is 0.359. The van der Waals surface area contributed by atoms with Crippen molar-refractivity contribution in [2.24, 2.45) is 5.92 Å². The van der Waals surface area contributed by atoms with Gasteiger partial charge >= 0.3 is 0 Å². The molecule has 124 valence electrons. The van der Waals surface area contributed by atoms with Crippen molar-refractivity contribution in [2.75, 3.05) is 7.11 Å². The van der Waals surface area contributed by atoms with E-state index in [0.717, 1.165) is 45.2 Å². The van der Waals surface area contributed by atoms with Gasteiger partial charge in [0.25, 0.3) is 0 Å². The highest BCUT2D eigenvalue weighted by molar-refractivity contribution is 9.10. The van der Waals surface area contributed by atoms with Crippen LogP contribution in [-0.4, -0.2) is 27.1 Å². The van der Waals surface area contributed by atoms with E-state index in [2.05, 4.69) is 31.2 Å². The quantitative estimate of drug-likeness (QED) is 0.645. The van der Waals surface area contributed by atoms with E-state index >= 15 is 0 Å². The maximum absolute atomic E-state index is 5.89. The summed E-state index contributed by atoms with van der Waals surface area (Å²) in [7, 11) is 1.63. The van der Waals surface area contributed by atoms with Gasteiger partial charge in [-0.3, -0.25) is 4.98 Å². The Morgan fingerprint density at radius 3 is 2.96 bits per heavy atom. The smallest absolute Gasteiger partial charge is 0.136 e. The van der Waals surface area contributed by atoms with E-state index in [9.17, 15) is 0 Å². The molecule has 1 saturated carbocycles. The standard InChI is InChI=1S/C17H17BrN4O2/c1-23-13-6-7-19-12(8-13)10-24-15-5-4-14-17(16(15)18)20-21-22(14)9-11-2-3-11/h4-8,11H,2-3,9-10H2,1H3. The summed E-state index contributed by atoms with van der Waals surface area (Å²) in [4.78, 5) is 4.29. The fourth-order valence-electron chi connectivity index (χ4n) is 2.59. The number of pyridine rings is 1. The van der Waals surface area contributed by atoms with Gasteiger partial charge in [-0.25, -0.2) is 4.68 Å². The highest BCUT2D eigenvalue weighted by Crippen LogP contribution is 2.35. The van der Waals surface area contributed by atoms with Gasteiger partial charge in [-0.2, -0.15) is 0 Å². The van der Waals surface area contributed by atoms with Crippen LogP contribution in [0.1, 0.15) is 18.5 Å². The lowest BCUT2D eigenvalue weighted by Crippen LogP contribution is -2.02. The first-order chi connectivity index (χ1) is 11.7. The molecule has 4 rings (SSSR count). The zero-order chi connectivity index (χ0) is 16.5. The number of fused-ring (bicyclic) bond motifs is 1. The summed E-state index contributed by atoms with van der Waals surface area (Å²) in [6.07, 6.45) is 4.29. The van der Waals surface area contributed by atoms with Gasteiger partial charge < -0.3 is 9.47 Å². The van der Waals surface area contributed by atoms with Gasteiger partial charge in [-0.1, -0.05) is 5.21 Å². The molecular weight excluding hydrogens is 372 g/mol. The second-order valence-corrected chi connectivity index (χ2v) is 6.73. The van der Waals surface area contributed by atoms with E-state index < -0.39 is 0 Å². The number of nitrogens with zero attached hydrogens (tertiary/aromatic N) is 4. The number of ether oxygens (including phenoxy) is 2. The molecule has 0 radical (unpaired) electrons. The predicted molar refractivity (Wildman–Crippen MR) is 93.1 cm³/mol. The number of rotatable bonds is 6. The normalized spacial score (nSPS) is 14.1. The molecule has 7 heteroatoms. The van der Waals surface area contributed by atoms with Gasteiger partial charge in [0.15, 0.2) is 0 Å². The Balaban J connectivity index is 1.54.